The van der Waals surface area contributed by atoms with Gasteiger partial charge in [-0.3, -0.25) is 14.8 Å². The van der Waals surface area contributed by atoms with E-state index in [4.69, 9.17) is 0 Å². The van der Waals surface area contributed by atoms with Gasteiger partial charge in [-0.05, 0) is 49.5 Å². The van der Waals surface area contributed by atoms with E-state index in [9.17, 15) is 14.7 Å². The van der Waals surface area contributed by atoms with Crippen molar-refractivity contribution in [2.45, 2.75) is 0 Å². The fourth-order valence-electron chi connectivity index (χ4n) is 3.42. The molecule has 0 unspecified atom stereocenters. The van der Waals surface area contributed by atoms with E-state index in [1.165, 1.54) is 6.21 Å². The molecule has 3 N–H and O–H groups in total. The van der Waals surface area contributed by atoms with Gasteiger partial charge < -0.3 is 20.2 Å². The molecule has 160 valence electrons. The fraction of sp³-hybridized carbons (Fsp3) is 0.227. The monoisotopic (exact) mass is 483 g/mol. The van der Waals surface area contributed by atoms with Crippen molar-refractivity contribution in [1.82, 2.24) is 14.8 Å². The van der Waals surface area contributed by atoms with Gasteiger partial charge in [-0.2, -0.15) is 0 Å². The number of urea groups is 1. The van der Waals surface area contributed by atoms with Crippen molar-refractivity contribution in [3.63, 3.8) is 0 Å². The van der Waals surface area contributed by atoms with Gasteiger partial charge in [-0.25, -0.2) is 4.79 Å². The van der Waals surface area contributed by atoms with Gasteiger partial charge in [-0.15, -0.1) is 0 Å². The first-order valence-electron chi connectivity index (χ1n) is 9.84. The predicted octanol–water partition coefficient (Wildman–Crippen LogP) is 3.53. The summed E-state index contributed by atoms with van der Waals surface area (Å²) < 4.78 is 0.792. The highest BCUT2D eigenvalue weighted by Gasteiger charge is 2.18. The zero-order valence-electron chi connectivity index (χ0n) is 16.9. The minimum Gasteiger partial charge on any atom is -0.494 e. The number of fused-ring (bicyclic) bond motifs is 1. The van der Waals surface area contributed by atoms with Crippen LogP contribution in [-0.2, 0) is 0 Å². The maximum Gasteiger partial charge on any atom is 0.321 e. The second-order valence-corrected chi connectivity index (χ2v) is 8.35. The summed E-state index contributed by atoms with van der Waals surface area (Å²) in [6.07, 6.45) is 1.51. The number of rotatable bonds is 3. The molecule has 1 aliphatic rings. The Balaban J connectivity index is 1.50. The van der Waals surface area contributed by atoms with Gasteiger partial charge >= 0.3 is 6.03 Å². The number of pyridine rings is 1. The SMILES string of the molecule is CN1CCN(C(=O)Nc2ccc(N=Cc3c(O)[nH]c(=O)c4ccc(Br)cc34)cc2)CC1. The van der Waals surface area contributed by atoms with Crippen molar-refractivity contribution in [1.29, 1.82) is 0 Å². The summed E-state index contributed by atoms with van der Waals surface area (Å²) >= 11 is 3.39. The molecule has 4 rings (SSSR count). The van der Waals surface area contributed by atoms with Crippen LogP contribution in [0.2, 0.25) is 0 Å². The highest BCUT2D eigenvalue weighted by atomic mass is 79.9. The molecule has 2 heterocycles. The zero-order valence-corrected chi connectivity index (χ0v) is 18.5. The number of carbonyl (C=O) groups is 1. The molecule has 1 aliphatic heterocycles. The standard InChI is InChI=1S/C22H22BrN5O3/c1-27-8-10-28(11-9-27)22(31)25-16-5-3-15(4-6-16)24-13-19-18-12-14(23)2-7-17(18)20(29)26-21(19)30/h2-7,12-13H,8-11H2,1H3,(H,25,31)(H2,26,29,30). The molecule has 8 nitrogen and oxygen atoms in total. The highest BCUT2D eigenvalue weighted by Crippen LogP contribution is 2.25. The van der Waals surface area contributed by atoms with Gasteiger partial charge in [0.1, 0.15) is 0 Å². The Hall–Kier alpha value is -3.17. The molecule has 9 heteroatoms. The molecule has 0 bridgehead atoms. The van der Waals surface area contributed by atoms with Crippen LogP contribution >= 0.6 is 15.9 Å². The van der Waals surface area contributed by atoms with Crippen LogP contribution in [-0.4, -0.2) is 65.4 Å². The average Bonchev–Trinajstić information content (AvgIpc) is 2.75. The number of anilines is 1. The summed E-state index contributed by atoms with van der Waals surface area (Å²) in [6, 6.07) is 12.2. The van der Waals surface area contributed by atoms with Crippen molar-refractivity contribution in [2.75, 3.05) is 38.5 Å². The molecule has 0 saturated carbocycles. The fourth-order valence-corrected chi connectivity index (χ4v) is 3.78. The number of amides is 2. The van der Waals surface area contributed by atoms with Crippen molar-refractivity contribution in [3.8, 4) is 5.88 Å². The first kappa shape index (κ1) is 21.1. The van der Waals surface area contributed by atoms with E-state index in [1.54, 1.807) is 47.4 Å². The Morgan fingerprint density at radius 3 is 2.55 bits per heavy atom. The second kappa shape index (κ2) is 8.91. The zero-order chi connectivity index (χ0) is 22.0. The number of nitrogens with one attached hydrogen (secondary N) is 2. The number of aromatic amines is 1. The predicted molar refractivity (Wildman–Crippen MR) is 126 cm³/mol. The van der Waals surface area contributed by atoms with Crippen LogP contribution in [0.3, 0.4) is 0 Å². The number of aromatic nitrogens is 1. The van der Waals surface area contributed by atoms with Crippen LogP contribution in [0.25, 0.3) is 10.8 Å². The van der Waals surface area contributed by atoms with Gasteiger partial charge in [-0.1, -0.05) is 15.9 Å². The number of nitrogens with zero attached hydrogens (tertiary/aromatic N) is 3. The molecule has 2 amide bonds. The molecule has 0 atom stereocenters. The van der Waals surface area contributed by atoms with Crippen LogP contribution < -0.4 is 10.9 Å². The molecule has 2 aromatic carbocycles. The minimum absolute atomic E-state index is 0.112. The molecular weight excluding hydrogens is 462 g/mol. The summed E-state index contributed by atoms with van der Waals surface area (Å²) in [5, 5.41) is 14.2. The molecule has 31 heavy (non-hydrogen) atoms. The molecule has 3 aromatic rings. The quantitative estimate of drug-likeness (QED) is 0.496. The number of piperazine rings is 1. The van der Waals surface area contributed by atoms with Gasteiger partial charge in [0, 0.05) is 53.3 Å². The summed E-state index contributed by atoms with van der Waals surface area (Å²) in [5.74, 6) is -0.240. The van der Waals surface area contributed by atoms with Crippen LogP contribution in [0.1, 0.15) is 5.56 Å². The van der Waals surface area contributed by atoms with Crippen molar-refractivity contribution in [2.24, 2.45) is 4.99 Å². The second-order valence-electron chi connectivity index (χ2n) is 7.43. The Labute approximate surface area is 187 Å². The van der Waals surface area contributed by atoms with Crippen LogP contribution in [0, 0.1) is 0 Å². The molecule has 0 radical (unpaired) electrons. The van der Waals surface area contributed by atoms with Crippen LogP contribution in [0.15, 0.2) is 56.7 Å². The summed E-state index contributed by atoms with van der Waals surface area (Å²) in [5.41, 5.74) is 1.39. The van der Waals surface area contributed by atoms with Crippen LogP contribution in [0.4, 0.5) is 16.2 Å². The molecule has 0 aliphatic carbocycles. The summed E-state index contributed by atoms with van der Waals surface area (Å²) in [6.45, 7) is 3.14. The van der Waals surface area contributed by atoms with Crippen molar-refractivity contribution in [3.05, 3.63) is 62.9 Å². The van der Waals surface area contributed by atoms with Gasteiger partial charge in [0.15, 0.2) is 0 Å². The average molecular weight is 484 g/mol. The lowest BCUT2D eigenvalue weighted by Gasteiger charge is -2.32. The van der Waals surface area contributed by atoms with E-state index in [1.807, 2.05) is 7.05 Å². The van der Waals surface area contributed by atoms with E-state index >= 15 is 0 Å². The largest absolute Gasteiger partial charge is 0.494 e. The third-order valence-corrected chi connectivity index (χ3v) is 5.75. The van der Waals surface area contributed by atoms with E-state index in [2.05, 4.69) is 36.1 Å². The topological polar surface area (TPSA) is 101 Å². The lowest BCUT2D eigenvalue weighted by atomic mass is 10.1. The molecule has 1 saturated heterocycles. The third-order valence-electron chi connectivity index (χ3n) is 5.26. The Morgan fingerprint density at radius 1 is 1.13 bits per heavy atom. The van der Waals surface area contributed by atoms with Crippen molar-refractivity contribution < 1.29 is 9.90 Å². The first-order valence-corrected chi connectivity index (χ1v) is 10.6. The molecular formula is C22H22BrN5O3. The number of benzene rings is 2. The Bertz CT molecular complexity index is 1200. The minimum atomic E-state index is -0.363. The van der Waals surface area contributed by atoms with E-state index in [0.29, 0.717) is 40.8 Å². The van der Waals surface area contributed by atoms with Crippen LogP contribution in [0.5, 0.6) is 5.88 Å². The molecule has 0 spiro atoms. The number of carbonyl (C=O) groups excluding carboxylic acids is 1. The number of H-pyrrole nitrogens is 1. The number of aliphatic imine (C=N–C) groups is 1. The Morgan fingerprint density at radius 2 is 1.84 bits per heavy atom. The van der Waals surface area contributed by atoms with Gasteiger partial charge in [0.2, 0.25) is 5.88 Å². The smallest absolute Gasteiger partial charge is 0.321 e. The summed E-state index contributed by atoms with van der Waals surface area (Å²) in [7, 11) is 2.04. The third kappa shape index (κ3) is 4.78. The maximum absolute atomic E-state index is 12.4. The highest BCUT2D eigenvalue weighted by molar-refractivity contribution is 9.10. The number of likely N-dealkylation sites (N-methyl/N-ethyl adjacent to an activating group) is 1. The van der Waals surface area contributed by atoms with Crippen molar-refractivity contribution >= 4 is 50.3 Å². The Kier molecular flexibility index (Phi) is 6.06. The number of halogens is 1. The van der Waals surface area contributed by atoms with Gasteiger partial charge in [0.25, 0.3) is 5.56 Å². The lowest BCUT2D eigenvalue weighted by molar-refractivity contribution is 0.164. The van der Waals surface area contributed by atoms with Gasteiger partial charge in [0.05, 0.1) is 11.3 Å². The summed E-state index contributed by atoms with van der Waals surface area (Å²) in [4.78, 5) is 35.3. The number of aromatic hydroxyl groups is 1. The lowest BCUT2D eigenvalue weighted by Crippen LogP contribution is -2.48. The maximum atomic E-state index is 12.4. The van der Waals surface area contributed by atoms with E-state index in [-0.39, 0.29) is 17.5 Å². The number of hydrogen-bond donors (Lipinski definition) is 3. The number of hydrogen-bond acceptors (Lipinski definition) is 5. The first-order chi connectivity index (χ1) is 14.9. The van der Waals surface area contributed by atoms with E-state index in [0.717, 1.165) is 17.6 Å². The van der Waals surface area contributed by atoms with E-state index < -0.39 is 0 Å². The molecule has 1 aromatic heterocycles. The normalized spacial score (nSPS) is 15.0. The molecule has 1 fully saturated rings.